The molecule has 0 radical (unpaired) electrons. The van der Waals surface area contributed by atoms with E-state index >= 15 is 0 Å². The predicted octanol–water partition coefficient (Wildman–Crippen LogP) is 4.60. The van der Waals surface area contributed by atoms with Crippen LogP contribution in [0, 0.1) is 11.8 Å². The van der Waals surface area contributed by atoms with Crippen LogP contribution >= 0.6 is 23.2 Å². The van der Waals surface area contributed by atoms with Gasteiger partial charge in [0.2, 0.25) is 11.8 Å². The Hall–Kier alpha value is -1.59. The molecule has 2 aliphatic carbocycles. The Kier molecular flexibility index (Phi) is 6.90. The fourth-order valence-electron chi connectivity index (χ4n) is 4.89. The Morgan fingerprint density at radius 3 is 2.34 bits per heavy atom. The summed E-state index contributed by atoms with van der Waals surface area (Å²) in [6, 6.07) is 5.20. The molecule has 2 amide bonds. The lowest BCUT2D eigenvalue weighted by atomic mass is 9.89. The van der Waals surface area contributed by atoms with Crippen LogP contribution in [0.4, 0.5) is 0 Å². The van der Waals surface area contributed by atoms with Gasteiger partial charge >= 0.3 is 0 Å². The Balaban J connectivity index is 1.80. The molecule has 158 valence electrons. The van der Waals surface area contributed by atoms with E-state index in [2.05, 4.69) is 10.6 Å². The first-order valence-corrected chi connectivity index (χ1v) is 11.1. The highest BCUT2D eigenvalue weighted by atomic mass is 35.5. The highest BCUT2D eigenvalue weighted by Crippen LogP contribution is 2.39. The molecule has 0 aromatic heterocycles. The van der Waals surface area contributed by atoms with Crippen LogP contribution in [0.1, 0.15) is 70.4 Å². The minimum Gasteiger partial charge on any atom is -0.349 e. The first-order chi connectivity index (χ1) is 13.7. The van der Waals surface area contributed by atoms with Crippen molar-refractivity contribution in [3.05, 3.63) is 33.8 Å². The summed E-state index contributed by atoms with van der Waals surface area (Å²) in [5, 5.41) is 7.05. The molecule has 2 aliphatic rings. The number of amides is 2. The smallest absolute Gasteiger partial charge is 0.224 e. The second kappa shape index (κ2) is 9.05. The zero-order valence-electron chi connectivity index (χ0n) is 16.9. The van der Waals surface area contributed by atoms with Crippen LogP contribution < -0.4 is 10.6 Å². The van der Waals surface area contributed by atoms with Gasteiger partial charge in [0.25, 0.3) is 0 Å². The van der Waals surface area contributed by atoms with E-state index in [0.29, 0.717) is 28.8 Å². The maximum Gasteiger partial charge on any atom is 0.224 e. The molecule has 0 heterocycles. The van der Waals surface area contributed by atoms with Gasteiger partial charge in [0.05, 0.1) is 11.6 Å². The molecule has 5 nitrogen and oxygen atoms in total. The Morgan fingerprint density at radius 1 is 1.17 bits per heavy atom. The van der Waals surface area contributed by atoms with Crippen LogP contribution in [0.25, 0.3) is 0 Å². The lowest BCUT2D eigenvalue weighted by molar-refractivity contribution is -0.129. The highest BCUT2D eigenvalue weighted by molar-refractivity contribution is 6.34. The topological polar surface area (TPSA) is 75.3 Å². The average molecular weight is 439 g/mol. The van der Waals surface area contributed by atoms with Gasteiger partial charge in [0.15, 0.2) is 5.78 Å². The molecule has 0 saturated heterocycles. The first-order valence-electron chi connectivity index (χ1n) is 10.3. The van der Waals surface area contributed by atoms with Gasteiger partial charge in [-0.1, -0.05) is 43.0 Å². The van der Waals surface area contributed by atoms with Crippen molar-refractivity contribution in [2.75, 3.05) is 0 Å². The van der Waals surface area contributed by atoms with Crippen molar-refractivity contribution in [3.8, 4) is 0 Å². The van der Waals surface area contributed by atoms with Crippen LogP contribution in [0.5, 0.6) is 0 Å². The molecule has 0 aliphatic heterocycles. The maximum absolute atomic E-state index is 13.1. The number of halogens is 2. The molecule has 1 aromatic carbocycles. The maximum atomic E-state index is 13.1. The molecule has 2 fully saturated rings. The number of carbonyl (C=O) groups excluding carboxylic acids is 3. The molecule has 3 rings (SSSR count). The number of carbonyl (C=O) groups is 3. The summed E-state index contributed by atoms with van der Waals surface area (Å²) in [6.07, 6.45) is 5.29. The number of benzene rings is 1. The van der Waals surface area contributed by atoms with Crippen LogP contribution in [-0.4, -0.2) is 23.1 Å². The third kappa shape index (κ3) is 4.95. The minimum atomic E-state index is -0.934. The number of hydrogen-bond donors (Lipinski definition) is 2. The average Bonchev–Trinajstić information content (AvgIpc) is 3.27. The van der Waals surface area contributed by atoms with Gasteiger partial charge in [0.1, 0.15) is 0 Å². The van der Waals surface area contributed by atoms with E-state index in [1.807, 2.05) is 19.1 Å². The van der Waals surface area contributed by atoms with Gasteiger partial charge in [-0.25, -0.2) is 0 Å². The van der Waals surface area contributed by atoms with E-state index in [0.717, 1.165) is 31.2 Å². The summed E-state index contributed by atoms with van der Waals surface area (Å²) < 4.78 is 0. The quantitative estimate of drug-likeness (QED) is 0.680. The Morgan fingerprint density at radius 2 is 1.79 bits per heavy atom. The highest BCUT2D eigenvalue weighted by Gasteiger charge is 2.48. The number of ketones is 1. The summed E-state index contributed by atoms with van der Waals surface area (Å²) in [7, 11) is 0. The molecule has 2 saturated carbocycles. The molecular formula is C22H28Cl2N2O3. The summed E-state index contributed by atoms with van der Waals surface area (Å²) in [5.41, 5.74) is -0.0357. The summed E-state index contributed by atoms with van der Waals surface area (Å²) in [4.78, 5) is 37.4. The zero-order valence-corrected chi connectivity index (χ0v) is 18.4. The second-order valence-corrected chi connectivity index (χ2v) is 9.25. The van der Waals surface area contributed by atoms with Gasteiger partial charge in [-0.15, -0.1) is 0 Å². The summed E-state index contributed by atoms with van der Waals surface area (Å²) >= 11 is 12.4. The van der Waals surface area contributed by atoms with Crippen LogP contribution in [0.3, 0.4) is 0 Å². The fourth-order valence-corrected chi connectivity index (χ4v) is 5.43. The van der Waals surface area contributed by atoms with E-state index in [1.165, 1.54) is 6.92 Å². The number of rotatable bonds is 6. The molecule has 7 heteroatoms. The van der Waals surface area contributed by atoms with Gasteiger partial charge in [-0.3, -0.25) is 14.4 Å². The van der Waals surface area contributed by atoms with Gasteiger partial charge < -0.3 is 10.6 Å². The Bertz CT molecular complexity index is 787. The first kappa shape index (κ1) is 22.1. The molecular weight excluding hydrogens is 411 g/mol. The molecule has 3 atom stereocenters. The lowest BCUT2D eigenvalue weighted by Crippen LogP contribution is -2.50. The SMILES string of the molecule is CCC1(NC(C)=O)C[C@H](C(=O)N[C@H](c2cc(Cl)cc(Cl)c2)C2CCCC2)CC1=O. The standard InChI is InChI=1S/C22H28Cl2N2O3/c1-3-22(26-13(2)27)12-16(10-19(22)28)21(29)25-20(14-6-4-5-7-14)15-8-17(23)11-18(24)9-15/h8-9,11,14,16,20H,3-7,10,12H2,1-2H3,(H,25,29)(H,26,27)/t16-,20+,22?/m1/s1. The van der Waals surface area contributed by atoms with Gasteiger partial charge in [0, 0.05) is 29.3 Å². The summed E-state index contributed by atoms with van der Waals surface area (Å²) in [5.74, 6) is -0.603. The normalized spacial score (nSPS) is 25.8. The number of nitrogens with one attached hydrogen (secondary N) is 2. The van der Waals surface area contributed by atoms with Crippen LogP contribution in [0.15, 0.2) is 18.2 Å². The third-order valence-electron chi connectivity index (χ3n) is 6.36. The van der Waals surface area contributed by atoms with Crippen molar-refractivity contribution in [2.45, 2.75) is 70.4 Å². The Labute approximate surface area is 181 Å². The fraction of sp³-hybridized carbons (Fsp3) is 0.591. The van der Waals surface area contributed by atoms with Crippen molar-refractivity contribution in [1.29, 1.82) is 0 Å². The summed E-state index contributed by atoms with van der Waals surface area (Å²) in [6.45, 7) is 3.26. The van der Waals surface area contributed by atoms with Crippen molar-refractivity contribution >= 4 is 40.8 Å². The molecule has 1 aromatic rings. The van der Waals surface area contributed by atoms with E-state index in [1.54, 1.807) is 6.07 Å². The predicted molar refractivity (Wildman–Crippen MR) is 114 cm³/mol. The van der Waals surface area contributed by atoms with E-state index in [4.69, 9.17) is 23.2 Å². The van der Waals surface area contributed by atoms with Crippen molar-refractivity contribution < 1.29 is 14.4 Å². The second-order valence-electron chi connectivity index (χ2n) is 8.38. The van der Waals surface area contributed by atoms with Crippen LogP contribution in [0.2, 0.25) is 10.0 Å². The van der Waals surface area contributed by atoms with E-state index in [9.17, 15) is 14.4 Å². The van der Waals surface area contributed by atoms with E-state index in [-0.39, 0.29) is 30.1 Å². The lowest BCUT2D eigenvalue weighted by Gasteiger charge is -2.29. The molecule has 0 bridgehead atoms. The van der Waals surface area contributed by atoms with Crippen molar-refractivity contribution in [2.24, 2.45) is 11.8 Å². The van der Waals surface area contributed by atoms with E-state index < -0.39 is 11.5 Å². The minimum absolute atomic E-state index is 0.0708. The largest absolute Gasteiger partial charge is 0.349 e. The molecule has 29 heavy (non-hydrogen) atoms. The zero-order chi connectivity index (χ0) is 21.2. The molecule has 0 spiro atoms. The monoisotopic (exact) mass is 438 g/mol. The third-order valence-corrected chi connectivity index (χ3v) is 6.80. The number of Topliss-reactive ketones (excluding diaryl/α,β-unsaturated/α-hetero) is 1. The molecule has 1 unspecified atom stereocenters. The van der Waals surface area contributed by atoms with Crippen molar-refractivity contribution in [3.63, 3.8) is 0 Å². The number of hydrogen-bond acceptors (Lipinski definition) is 3. The molecule has 2 N–H and O–H groups in total. The van der Waals surface area contributed by atoms with Crippen LogP contribution in [-0.2, 0) is 14.4 Å². The van der Waals surface area contributed by atoms with Gasteiger partial charge in [-0.05, 0) is 55.4 Å². The van der Waals surface area contributed by atoms with Gasteiger partial charge in [-0.2, -0.15) is 0 Å². The van der Waals surface area contributed by atoms with Crippen molar-refractivity contribution in [1.82, 2.24) is 10.6 Å².